The smallest absolute Gasteiger partial charge is 0.374 e. The molecular weight excluding hydrogens is 304 g/mol. The SMILES string of the molecule is Cc1ccc(C)c2c(C)c(C(=O)O[C@@H]3[C@@H]4CCO[C@@H]4C3(C)C)oc12. The van der Waals surface area contributed by atoms with Gasteiger partial charge in [-0.3, -0.25) is 0 Å². The van der Waals surface area contributed by atoms with Crippen LogP contribution >= 0.6 is 0 Å². The largest absolute Gasteiger partial charge is 0.455 e. The molecule has 24 heavy (non-hydrogen) atoms. The summed E-state index contributed by atoms with van der Waals surface area (Å²) in [6.07, 6.45) is 1.06. The summed E-state index contributed by atoms with van der Waals surface area (Å²) in [6.45, 7) is 10.9. The van der Waals surface area contributed by atoms with Crippen LogP contribution in [0.2, 0.25) is 0 Å². The Morgan fingerprint density at radius 2 is 1.92 bits per heavy atom. The highest BCUT2D eigenvalue weighted by Crippen LogP contribution is 2.54. The molecule has 0 unspecified atom stereocenters. The lowest BCUT2D eigenvalue weighted by Gasteiger charge is -2.52. The van der Waals surface area contributed by atoms with Crippen molar-refractivity contribution in [1.82, 2.24) is 0 Å². The molecular formula is C20H24O4. The number of rotatable bonds is 2. The van der Waals surface area contributed by atoms with Crippen LogP contribution in [0.15, 0.2) is 16.5 Å². The Morgan fingerprint density at radius 1 is 1.21 bits per heavy atom. The molecule has 1 saturated carbocycles. The maximum atomic E-state index is 12.8. The summed E-state index contributed by atoms with van der Waals surface area (Å²) in [5.41, 5.74) is 3.67. The van der Waals surface area contributed by atoms with E-state index in [0.29, 0.717) is 11.7 Å². The molecule has 1 aliphatic carbocycles. The van der Waals surface area contributed by atoms with Crippen molar-refractivity contribution in [2.75, 3.05) is 6.61 Å². The molecule has 3 atom stereocenters. The molecule has 2 heterocycles. The van der Waals surface area contributed by atoms with Gasteiger partial charge in [-0.1, -0.05) is 26.0 Å². The van der Waals surface area contributed by atoms with E-state index in [1.165, 1.54) is 0 Å². The highest BCUT2D eigenvalue weighted by atomic mass is 16.6. The topological polar surface area (TPSA) is 48.7 Å². The molecule has 128 valence electrons. The van der Waals surface area contributed by atoms with Crippen molar-refractivity contribution in [2.45, 2.75) is 53.2 Å². The molecule has 4 rings (SSSR count). The van der Waals surface area contributed by atoms with Crippen LogP contribution in [0.1, 0.15) is 47.5 Å². The van der Waals surface area contributed by atoms with E-state index in [9.17, 15) is 4.79 Å². The lowest BCUT2D eigenvalue weighted by molar-refractivity contribution is -0.183. The number of esters is 1. The first kappa shape index (κ1) is 15.7. The molecule has 0 N–H and O–H groups in total. The van der Waals surface area contributed by atoms with Crippen LogP contribution in [0.5, 0.6) is 0 Å². The molecule has 1 aromatic heterocycles. The molecule has 4 heteroatoms. The Kier molecular flexibility index (Phi) is 3.33. The lowest BCUT2D eigenvalue weighted by atomic mass is 9.59. The average molecular weight is 328 g/mol. The van der Waals surface area contributed by atoms with Crippen molar-refractivity contribution < 1.29 is 18.7 Å². The molecule has 1 saturated heterocycles. The van der Waals surface area contributed by atoms with Crippen LogP contribution in [0.25, 0.3) is 11.0 Å². The summed E-state index contributed by atoms with van der Waals surface area (Å²) >= 11 is 0. The lowest BCUT2D eigenvalue weighted by Crippen LogP contribution is -2.61. The van der Waals surface area contributed by atoms with Crippen molar-refractivity contribution in [3.8, 4) is 0 Å². The number of carbonyl (C=O) groups is 1. The van der Waals surface area contributed by atoms with E-state index in [1.807, 2.05) is 26.8 Å². The normalized spacial score (nSPS) is 27.8. The molecule has 2 aromatic rings. The monoisotopic (exact) mass is 328 g/mol. The van der Waals surface area contributed by atoms with Crippen LogP contribution in [-0.2, 0) is 9.47 Å². The zero-order valence-corrected chi connectivity index (χ0v) is 14.9. The molecule has 0 spiro atoms. The zero-order chi connectivity index (χ0) is 17.2. The molecule has 0 bridgehead atoms. The summed E-state index contributed by atoms with van der Waals surface area (Å²) in [5.74, 6) is 0.295. The van der Waals surface area contributed by atoms with Gasteiger partial charge in [0.15, 0.2) is 0 Å². The maximum absolute atomic E-state index is 12.8. The number of ether oxygens (including phenoxy) is 2. The minimum absolute atomic E-state index is 0.104. The van der Waals surface area contributed by atoms with Gasteiger partial charge in [0.05, 0.1) is 6.10 Å². The van der Waals surface area contributed by atoms with Gasteiger partial charge in [0.1, 0.15) is 11.7 Å². The predicted molar refractivity (Wildman–Crippen MR) is 91.3 cm³/mol. The second-order valence-corrected chi connectivity index (χ2v) is 7.85. The van der Waals surface area contributed by atoms with Gasteiger partial charge in [-0.2, -0.15) is 0 Å². The standard InChI is InChI=1S/C20H24O4/c1-10-6-7-11(2)15-14(10)12(3)16(23-15)19(21)24-18-13-8-9-22-17(13)20(18,4)5/h6-7,13,17-18H,8-9H2,1-5H3/t13-,17+,18-/m1/s1. The minimum Gasteiger partial charge on any atom is -0.455 e. The van der Waals surface area contributed by atoms with Crippen molar-refractivity contribution >= 4 is 16.9 Å². The van der Waals surface area contributed by atoms with E-state index in [-0.39, 0.29) is 23.6 Å². The van der Waals surface area contributed by atoms with E-state index in [0.717, 1.165) is 40.7 Å². The van der Waals surface area contributed by atoms with Crippen LogP contribution in [-0.4, -0.2) is 24.8 Å². The van der Waals surface area contributed by atoms with Gasteiger partial charge < -0.3 is 13.9 Å². The fraction of sp³-hybridized carbons (Fsp3) is 0.550. The molecule has 1 aromatic carbocycles. The van der Waals surface area contributed by atoms with Gasteiger partial charge >= 0.3 is 5.97 Å². The molecule has 1 aliphatic heterocycles. The van der Waals surface area contributed by atoms with Crippen molar-refractivity contribution in [2.24, 2.45) is 11.3 Å². The molecule has 2 fully saturated rings. The third kappa shape index (κ3) is 1.99. The van der Waals surface area contributed by atoms with E-state index < -0.39 is 0 Å². The van der Waals surface area contributed by atoms with Crippen molar-refractivity contribution in [1.29, 1.82) is 0 Å². The number of hydrogen-bond acceptors (Lipinski definition) is 4. The van der Waals surface area contributed by atoms with Gasteiger partial charge in [0.25, 0.3) is 0 Å². The first-order valence-corrected chi connectivity index (χ1v) is 8.64. The Morgan fingerprint density at radius 3 is 2.62 bits per heavy atom. The maximum Gasteiger partial charge on any atom is 0.374 e. The Bertz CT molecular complexity index is 830. The van der Waals surface area contributed by atoms with Crippen LogP contribution in [0.3, 0.4) is 0 Å². The number of fused-ring (bicyclic) bond motifs is 2. The van der Waals surface area contributed by atoms with Gasteiger partial charge in [-0.05, 0) is 38.3 Å². The van der Waals surface area contributed by atoms with E-state index in [2.05, 4.69) is 19.9 Å². The quantitative estimate of drug-likeness (QED) is 0.770. The Balaban J connectivity index is 1.66. The third-order valence-corrected chi connectivity index (χ3v) is 5.89. The van der Waals surface area contributed by atoms with Gasteiger partial charge in [0, 0.05) is 28.9 Å². The highest BCUT2D eigenvalue weighted by Gasteiger charge is 2.61. The van der Waals surface area contributed by atoms with E-state index in [4.69, 9.17) is 13.9 Å². The summed E-state index contributed by atoms with van der Waals surface area (Å²) in [6, 6.07) is 4.08. The van der Waals surface area contributed by atoms with Crippen LogP contribution in [0.4, 0.5) is 0 Å². The first-order chi connectivity index (χ1) is 11.3. The van der Waals surface area contributed by atoms with Gasteiger partial charge in [-0.15, -0.1) is 0 Å². The fourth-order valence-electron chi connectivity index (χ4n) is 4.56. The second-order valence-electron chi connectivity index (χ2n) is 7.85. The number of carbonyl (C=O) groups excluding carboxylic acids is 1. The number of furan rings is 1. The van der Waals surface area contributed by atoms with E-state index >= 15 is 0 Å². The zero-order valence-electron chi connectivity index (χ0n) is 14.9. The van der Waals surface area contributed by atoms with Gasteiger partial charge in [-0.25, -0.2) is 4.79 Å². The summed E-state index contributed by atoms with van der Waals surface area (Å²) in [7, 11) is 0. The second kappa shape index (κ2) is 5.09. The summed E-state index contributed by atoms with van der Waals surface area (Å²) in [5, 5.41) is 1.02. The summed E-state index contributed by atoms with van der Waals surface area (Å²) in [4.78, 5) is 12.8. The Labute approximate surface area is 142 Å². The summed E-state index contributed by atoms with van der Waals surface area (Å²) < 4.78 is 17.6. The minimum atomic E-state index is -0.356. The number of benzene rings is 1. The average Bonchev–Trinajstić information content (AvgIpc) is 3.12. The molecule has 0 radical (unpaired) electrons. The molecule has 0 amide bonds. The van der Waals surface area contributed by atoms with Crippen LogP contribution in [0, 0.1) is 32.1 Å². The third-order valence-electron chi connectivity index (χ3n) is 5.89. The number of hydrogen-bond donors (Lipinski definition) is 0. The van der Waals surface area contributed by atoms with Crippen molar-refractivity contribution in [3.63, 3.8) is 0 Å². The highest BCUT2D eigenvalue weighted by molar-refractivity contribution is 5.98. The predicted octanol–water partition coefficient (Wildman–Crippen LogP) is 4.33. The van der Waals surface area contributed by atoms with E-state index in [1.54, 1.807) is 0 Å². The van der Waals surface area contributed by atoms with Crippen LogP contribution < -0.4 is 0 Å². The van der Waals surface area contributed by atoms with Crippen molar-refractivity contribution in [3.05, 3.63) is 34.6 Å². The molecule has 4 nitrogen and oxygen atoms in total. The Hall–Kier alpha value is -1.81. The number of aryl methyl sites for hydroxylation is 3. The molecule has 2 aliphatic rings. The first-order valence-electron chi connectivity index (χ1n) is 8.64. The fourth-order valence-corrected chi connectivity index (χ4v) is 4.56. The van der Waals surface area contributed by atoms with Gasteiger partial charge in [0.2, 0.25) is 5.76 Å².